The molecule has 1 heterocycles. The zero-order chi connectivity index (χ0) is 20.1. The fourth-order valence-electron chi connectivity index (χ4n) is 2.66. The van der Waals surface area contributed by atoms with Gasteiger partial charge >= 0.3 is 5.97 Å². The highest BCUT2D eigenvalue weighted by atomic mass is 16.5. The number of carbonyl (C=O) groups is 2. The van der Waals surface area contributed by atoms with Gasteiger partial charge in [0.1, 0.15) is 5.56 Å². The zero-order valence-corrected chi connectivity index (χ0v) is 15.5. The Balaban J connectivity index is 1.74. The molecule has 3 aromatic rings. The van der Waals surface area contributed by atoms with Gasteiger partial charge in [-0.2, -0.15) is 10.4 Å². The number of nitriles is 1. The minimum atomic E-state index is -0.405. The normalized spacial score (nSPS) is 10.2. The highest BCUT2D eigenvalue weighted by Crippen LogP contribution is 2.18. The van der Waals surface area contributed by atoms with Crippen molar-refractivity contribution in [3.05, 3.63) is 77.1 Å². The lowest BCUT2D eigenvalue weighted by atomic mass is 10.1. The fourth-order valence-corrected chi connectivity index (χ4v) is 2.66. The molecule has 2 aromatic carbocycles. The van der Waals surface area contributed by atoms with E-state index in [2.05, 4.69) is 10.4 Å². The van der Waals surface area contributed by atoms with Gasteiger partial charge in [0.15, 0.2) is 0 Å². The maximum atomic E-state index is 12.3. The van der Waals surface area contributed by atoms with E-state index in [0.29, 0.717) is 34.7 Å². The fraction of sp³-hybridized carbons (Fsp3) is 0.143. The molecule has 0 bridgehead atoms. The largest absolute Gasteiger partial charge is 0.462 e. The van der Waals surface area contributed by atoms with Crippen LogP contribution in [-0.4, -0.2) is 28.3 Å². The SMILES string of the molecule is CCOC(=O)c1cnn(-c2ccc(NC(=O)c3ccc(C#N)cc3)cc2)c1C. The first-order valence-electron chi connectivity index (χ1n) is 8.67. The number of hydrogen-bond donors (Lipinski definition) is 1. The molecule has 0 fully saturated rings. The molecule has 1 aromatic heterocycles. The van der Waals surface area contributed by atoms with Crippen LogP contribution in [-0.2, 0) is 4.74 Å². The van der Waals surface area contributed by atoms with Gasteiger partial charge in [0.2, 0.25) is 0 Å². The Morgan fingerprint density at radius 1 is 1.14 bits per heavy atom. The molecule has 0 aliphatic rings. The van der Waals surface area contributed by atoms with Gasteiger partial charge in [0.25, 0.3) is 5.91 Å². The number of amides is 1. The number of nitrogens with zero attached hydrogens (tertiary/aromatic N) is 3. The minimum absolute atomic E-state index is 0.267. The first-order valence-corrected chi connectivity index (χ1v) is 8.67. The average molecular weight is 374 g/mol. The van der Waals surface area contributed by atoms with Crippen LogP contribution in [0, 0.1) is 18.3 Å². The molecule has 0 aliphatic heterocycles. The van der Waals surface area contributed by atoms with Crippen molar-refractivity contribution in [1.82, 2.24) is 9.78 Å². The van der Waals surface area contributed by atoms with Crippen LogP contribution in [0.3, 0.4) is 0 Å². The molecule has 0 saturated carbocycles. The Labute approximate surface area is 162 Å². The van der Waals surface area contributed by atoms with Crippen LogP contribution in [0.5, 0.6) is 0 Å². The van der Waals surface area contributed by atoms with Gasteiger partial charge in [-0.25, -0.2) is 9.48 Å². The van der Waals surface area contributed by atoms with Crippen molar-refractivity contribution in [3.63, 3.8) is 0 Å². The average Bonchev–Trinajstić information content (AvgIpc) is 3.10. The number of ether oxygens (including phenoxy) is 1. The molecule has 1 amide bonds. The first kappa shape index (κ1) is 18.9. The van der Waals surface area contributed by atoms with E-state index in [1.807, 2.05) is 6.07 Å². The third-order valence-corrected chi connectivity index (χ3v) is 4.15. The number of hydrogen-bond acceptors (Lipinski definition) is 5. The summed E-state index contributed by atoms with van der Waals surface area (Å²) in [6.07, 6.45) is 1.48. The van der Waals surface area contributed by atoms with E-state index in [1.54, 1.807) is 67.1 Å². The van der Waals surface area contributed by atoms with Crippen molar-refractivity contribution in [2.24, 2.45) is 0 Å². The number of nitrogens with one attached hydrogen (secondary N) is 1. The van der Waals surface area contributed by atoms with E-state index < -0.39 is 5.97 Å². The van der Waals surface area contributed by atoms with Crippen LogP contribution in [0.25, 0.3) is 5.69 Å². The molecule has 7 nitrogen and oxygen atoms in total. The van der Waals surface area contributed by atoms with E-state index in [4.69, 9.17) is 10.00 Å². The number of carbonyl (C=O) groups excluding carboxylic acids is 2. The van der Waals surface area contributed by atoms with Crippen molar-refractivity contribution in [1.29, 1.82) is 5.26 Å². The predicted octanol–water partition coefficient (Wildman–Crippen LogP) is 3.48. The number of anilines is 1. The summed E-state index contributed by atoms with van der Waals surface area (Å²) in [5.74, 6) is -0.672. The van der Waals surface area contributed by atoms with E-state index >= 15 is 0 Å². The molecule has 0 atom stereocenters. The minimum Gasteiger partial charge on any atom is -0.462 e. The smallest absolute Gasteiger partial charge is 0.341 e. The van der Waals surface area contributed by atoms with E-state index in [0.717, 1.165) is 5.69 Å². The summed E-state index contributed by atoms with van der Waals surface area (Å²) in [5, 5.41) is 15.9. The molecule has 7 heteroatoms. The summed E-state index contributed by atoms with van der Waals surface area (Å²) < 4.78 is 6.66. The number of benzene rings is 2. The van der Waals surface area contributed by atoms with Crippen LogP contribution in [0.2, 0.25) is 0 Å². The summed E-state index contributed by atoms with van der Waals surface area (Å²) in [6.45, 7) is 3.85. The van der Waals surface area contributed by atoms with Crippen molar-refractivity contribution in [2.75, 3.05) is 11.9 Å². The molecule has 3 rings (SSSR count). The third-order valence-electron chi connectivity index (χ3n) is 4.15. The molecular formula is C21H18N4O3. The van der Waals surface area contributed by atoms with Gasteiger partial charge < -0.3 is 10.1 Å². The van der Waals surface area contributed by atoms with Crippen molar-refractivity contribution in [2.45, 2.75) is 13.8 Å². The highest BCUT2D eigenvalue weighted by Gasteiger charge is 2.16. The molecule has 0 unspecified atom stereocenters. The summed E-state index contributed by atoms with van der Waals surface area (Å²) >= 11 is 0. The Morgan fingerprint density at radius 3 is 2.43 bits per heavy atom. The number of esters is 1. The second kappa shape index (κ2) is 8.18. The van der Waals surface area contributed by atoms with Gasteiger partial charge in [0, 0.05) is 11.3 Å². The third kappa shape index (κ3) is 3.91. The maximum absolute atomic E-state index is 12.3. The Morgan fingerprint density at radius 2 is 1.82 bits per heavy atom. The van der Waals surface area contributed by atoms with Gasteiger partial charge in [0.05, 0.1) is 35.8 Å². The summed E-state index contributed by atoms with van der Waals surface area (Å²) in [6, 6.07) is 15.5. The lowest BCUT2D eigenvalue weighted by molar-refractivity contribution is 0.0525. The van der Waals surface area contributed by atoms with E-state index in [-0.39, 0.29) is 5.91 Å². The van der Waals surface area contributed by atoms with E-state index in [1.165, 1.54) is 6.20 Å². The first-order chi connectivity index (χ1) is 13.5. The van der Waals surface area contributed by atoms with E-state index in [9.17, 15) is 9.59 Å². The van der Waals surface area contributed by atoms with Crippen LogP contribution < -0.4 is 5.32 Å². The summed E-state index contributed by atoms with van der Waals surface area (Å²) in [5.41, 5.74) is 3.42. The standard InChI is InChI=1S/C21H18N4O3/c1-3-28-21(27)19-13-23-25(14(19)2)18-10-8-17(9-11-18)24-20(26)16-6-4-15(12-22)5-7-16/h4-11,13H,3H2,1-2H3,(H,24,26). The highest BCUT2D eigenvalue weighted by molar-refractivity contribution is 6.04. The molecule has 0 radical (unpaired) electrons. The van der Waals surface area contributed by atoms with Crippen molar-refractivity contribution >= 4 is 17.6 Å². The molecule has 28 heavy (non-hydrogen) atoms. The Kier molecular flexibility index (Phi) is 5.51. The van der Waals surface area contributed by atoms with Crippen LogP contribution in [0.15, 0.2) is 54.7 Å². The van der Waals surface area contributed by atoms with Crippen LogP contribution in [0.1, 0.15) is 38.9 Å². The predicted molar refractivity (Wildman–Crippen MR) is 103 cm³/mol. The molecule has 0 saturated heterocycles. The van der Waals surface area contributed by atoms with Gasteiger partial charge in [-0.3, -0.25) is 4.79 Å². The summed E-state index contributed by atoms with van der Waals surface area (Å²) in [7, 11) is 0. The number of rotatable bonds is 5. The topological polar surface area (TPSA) is 97.0 Å². The second-order valence-corrected chi connectivity index (χ2v) is 5.97. The second-order valence-electron chi connectivity index (χ2n) is 5.97. The quantitative estimate of drug-likeness (QED) is 0.690. The van der Waals surface area contributed by atoms with Gasteiger partial charge in [-0.1, -0.05) is 0 Å². The molecular weight excluding hydrogens is 356 g/mol. The molecule has 0 spiro atoms. The van der Waals surface area contributed by atoms with Crippen molar-refractivity contribution in [3.8, 4) is 11.8 Å². The Bertz CT molecular complexity index is 1040. The Hall–Kier alpha value is -3.92. The lowest BCUT2D eigenvalue weighted by Crippen LogP contribution is -2.12. The van der Waals surface area contributed by atoms with Crippen LogP contribution in [0.4, 0.5) is 5.69 Å². The van der Waals surface area contributed by atoms with Gasteiger partial charge in [-0.15, -0.1) is 0 Å². The summed E-state index contributed by atoms with van der Waals surface area (Å²) in [4.78, 5) is 24.2. The molecule has 0 aliphatic carbocycles. The van der Waals surface area contributed by atoms with Crippen molar-refractivity contribution < 1.29 is 14.3 Å². The zero-order valence-electron chi connectivity index (χ0n) is 15.5. The molecule has 140 valence electrons. The van der Waals surface area contributed by atoms with Crippen LogP contribution >= 0.6 is 0 Å². The lowest BCUT2D eigenvalue weighted by Gasteiger charge is -2.08. The monoisotopic (exact) mass is 374 g/mol. The molecule has 1 N–H and O–H groups in total. The van der Waals surface area contributed by atoms with Gasteiger partial charge in [-0.05, 0) is 62.4 Å². The maximum Gasteiger partial charge on any atom is 0.341 e. The number of aromatic nitrogens is 2.